The highest BCUT2D eigenvalue weighted by molar-refractivity contribution is 6.39. The van der Waals surface area contributed by atoms with Gasteiger partial charge in [-0.15, -0.1) is 0 Å². The number of hydrogen-bond acceptors (Lipinski definition) is 4. The van der Waals surface area contributed by atoms with Gasteiger partial charge in [-0.2, -0.15) is 0 Å². The number of aromatic amines is 1. The Morgan fingerprint density at radius 1 is 1.19 bits per heavy atom. The van der Waals surface area contributed by atoms with Gasteiger partial charge in [0.1, 0.15) is 18.1 Å². The van der Waals surface area contributed by atoms with Crippen LogP contribution in [0.3, 0.4) is 0 Å². The molecular formula is C21H16Cl2FN3O4. The molecule has 10 heteroatoms. The van der Waals surface area contributed by atoms with Crippen LogP contribution in [0.4, 0.5) is 14.9 Å². The molecule has 1 saturated heterocycles. The van der Waals surface area contributed by atoms with E-state index in [-0.39, 0.29) is 36.1 Å². The summed E-state index contributed by atoms with van der Waals surface area (Å²) in [6.45, 7) is 1.54. The van der Waals surface area contributed by atoms with Crippen LogP contribution in [0.1, 0.15) is 23.0 Å². The van der Waals surface area contributed by atoms with Gasteiger partial charge in [0.05, 0.1) is 23.9 Å². The van der Waals surface area contributed by atoms with Crippen molar-refractivity contribution in [2.45, 2.75) is 13.5 Å². The minimum absolute atomic E-state index is 0.0717. The molecule has 1 N–H and O–H groups in total. The molecule has 0 unspecified atom stereocenters. The van der Waals surface area contributed by atoms with Crippen molar-refractivity contribution in [3.8, 4) is 0 Å². The fourth-order valence-electron chi connectivity index (χ4n) is 3.56. The van der Waals surface area contributed by atoms with Crippen LogP contribution >= 0.6 is 23.2 Å². The van der Waals surface area contributed by atoms with E-state index in [1.807, 2.05) is 0 Å². The van der Waals surface area contributed by atoms with E-state index >= 15 is 0 Å². The van der Waals surface area contributed by atoms with E-state index in [4.69, 9.17) is 27.9 Å². The standard InChI is InChI=1S/C21H16Cl2FN3O4/c1-2-31-20(29)19-14(18-15(23)7-11(22)8-16(18)25-19)9-26-10-17(28)27(21(26)30)13-5-3-12(24)4-6-13/h3-8,25H,2,9-10H2,1H3. The number of hydrogen-bond donors (Lipinski definition) is 1. The number of nitrogens with zero attached hydrogens (tertiary/aromatic N) is 2. The van der Waals surface area contributed by atoms with Crippen LogP contribution in [0.5, 0.6) is 0 Å². The number of urea groups is 1. The van der Waals surface area contributed by atoms with Crippen LogP contribution in [0.25, 0.3) is 10.9 Å². The zero-order valence-corrected chi connectivity index (χ0v) is 17.8. The minimum Gasteiger partial charge on any atom is -0.461 e. The van der Waals surface area contributed by atoms with Crippen molar-refractivity contribution < 1.29 is 23.5 Å². The number of H-pyrrole nitrogens is 1. The first-order chi connectivity index (χ1) is 14.8. The second-order valence-corrected chi connectivity index (χ2v) is 7.70. The van der Waals surface area contributed by atoms with E-state index in [9.17, 15) is 18.8 Å². The average molecular weight is 464 g/mol. The topological polar surface area (TPSA) is 82.7 Å². The van der Waals surface area contributed by atoms with Crippen molar-refractivity contribution in [2.75, 3.05) is 18.1 Å². The molecule has 3 amide bonds. The maximum absolute atomic E-state index is 13.2. The highest BCUT2D eigenvalue weighted by Gasteiger charge is 2.38. The normalized spacial score (nSPS) is 14.1. The van der Waals surface area contributed by atoms with Gasteiger partial charge in [0.25, 0.3) is 5.91 Å². The van der Waals surface area contributed by atoms with Crippen LogP contribution in [-0.2, 0) is 16.1 Å². The molecule has 1 fully saturated rings. The molecule has 3 aromatic rings. The Balaban J connectivity index is 1.73. The molecule has 0 bridgehead atoms. The molecular weight excluding hydrogens is 448 g/mol. The lowest BCUT2D eigenvalue weighted by Gasteiger charge is -2.18. The fraction of sp³-hybridized carbons (Fsp3) is 0.190. The highest BCUT2D eigenvalue weighted by atomic mass is 35.5. The van der Waals surface area contributed by atoms with E-state index in [0.717, 1.165) is 4.90 Å². The maximum Gasteiger partial charge on any atom is 0.355 e. The number of aromatic nitrogens is 1. The zero-order valence-electron chi connectivity index (χ0n) is 16.2. The Hall–Kier alpha value is -3.10. The van der Waals surface area contributed by atoms with E-state index in [2.05, 4.69) is 4.98 Å². The third kappa shape index (κ3) is 3.84. The van der Waals surface area contributed by atoms with Gasteiger partial charge in [-0.3, -0.25) is 4.79 Å². The first-order valence-electron chi connectivity index (χ1n) is 9.34. The van der Waals surface area contributed by atoms with Crippen LogP contribution in [0, 0.1) is 5.82 Å². The summed E-state index contributed by atoms with van der Waals surface area (Å²) < 4.78 is 18.3. The molecule has 0 spiro atoms. The largest absolute Gasteiger partial charge is 0.461 e. The van der Waals surface area contributed by atoms with Gasteiger partial charge >= 0.3 is 12.0 Å². The molecule has 0 radical (unpaired) electrons. The number of nitrogens with one attached hydrogen (secondary N) is 1. The third-order valence-corrected chi connectivity index (χ3v) is 5.39. The molecule has 4 rings (SSSR count). The number of anilines is 1. The molecule has 0 aliphatic carbocycles. The lowest BCUT2D eigenvalue weighted by molar-refractivity contribution is -0.116. The molecule has 0 saturated carbocycles. The number of fused-ring (bicyclic) bond motifs is 1. The van der Waals surface area contributed by atoms with Gasteiger partial charge in [-0.25, -0.2) is 18.9 Å². The van der Waals surface area contributed by atoms with E-state index in [1.165, 1.54) is 35.2 Å². The average Bonchev–Trinajstić information content (AvgIpc) is 3.20. The quantitative estimate of drug-likeness (QED) is 0.436. The van der Waals surface area contributed by atoms with Crippen LogP contribution in [-0.4, -0.2) is 40.9 Å². The number of benzene rings is 2. The van der Waals surface area contributed by atoms with Crippen LogP contribution < -0.4 is 4.90 Å². The van der Waals surface area contributed by atoms with Gasteiger partial charge in [0.15, 0.2) is 0 Å². The lowest BCUT2D eigenvalue weighted by atomic mass is 10.1. The Morgan fingerprint density at radius 2 is 1.90 bits per heavy atom. The first kappa shape index (κ1) is 21.1. The number of esters is 1. The smallest absolute Gasteiger partial charge is 0.355 e. The molecule has 1 aliphatic heterocycles. The number of rotatable bonds is 5. The monoisotopic (exact) mass is 463 g/mol. The second kappa shape index (κ2) is 8.20. The van der Waals surface area contributed by atoms with E-state index in [1.54, 1.807) is 13.0 Å². The van der Waals surface area contributed by atoms with Crippen molar-refractivity contribution in [1.29, 1.82) is 0 Å². The second-order valence-electron chi connectivity index (χ2n) is 6.85. The Morgan fingerprint density at radius 3 is 2.58 bits per heavy atom. The van der Waals surface area contributed by atoms with Crippen LogP contribution in [0.2, 0.25) is 10.0 Å². The number of carbonyl (C=O) groups excluding carboxylic acids is 3. The summed E-state index contributed by atoms with van der Waals surface area (Å²) in [5, 5.41) is 1.17. The summed E-state index contributed by atoms with van der Waals surface area (Å²) in [7, 11) is 0. The minimum atomic E-state index is -0.616. The predicted molar refractivity (Wildman–Crippen MR) is 114 cm³/mol. The Labute approximate surface area is 186 Å². The van der Waals surface area contributed by atoms with E-state index < -0.39 is 23.7 Å². The molecule has 7 nitrogen and oxygen atoms in total. The molecule has 160 valence electrons. The summed E-state index contributed by atoms with van der Waals surface area (Å²) in [5.41, 5.74) is 1.30. The van der Waals surface area contributed by atoms with Gasteiger partial charge < -0.3 is 14.6 Å². The number of carbonyl (C=O) groups is 3. The summed E-state index contributed by atoms with van der Waals surface area (Å²) in [6.07, 6.45) is 0. The molecule has 31 heavy (non-hydrogen) atoms. The lowest BCUT2D eigenvalue weighted by Crippen LogP contribution is -2.33. The summed E-state index contributed by atoms with van der Waals surface area (Å²) in [6, 6.07) is 7.58. The first-order valence-corrected chi connectivity index (χ1v) is 10.1. The molecule has 1 aliphatic rings. The number of ether oxygens (including phenoxy) is 1. The van der Waals surface area contributed by atoms with Gasteiger partial charge in [-0.1, -0.05) is 23.2 Å². The van der Waals surface area contributed by atoms with E-state index in [0.29, 0.717) is 21.5 Å². The van der Waals surface area contributed by atoms with Crippen molar-refractivity contribution in [1.82, 2.24) is 9.88 Å². The van der Waals surface area contributed by atoms with Crippen molar-refractivity contribution in [2.24, 2.45) is 0 Å². The molecule has 0 atom stereocenters. The predicted octanol–water partition coefficient (Wildman–Crippen LogP) is 4.76. The zero-order chi connectivity index (χ0) is 22.3. The number of amides is 3. The van der Waals surface area contributed by atoms with Gasteiger partial charge in [0.2, 0.25) is 0 Å². The number of imide groups is 1. The van der Waals surface area contributed by atoms with Crippen molar-refractivity contribution >= 4 is 57.7 Å². The summed E-state index contributed by atoms with van der Waals surface area (Å²) >= 11 is 12.5. The Kier molecular flexibility index (Phi) is 5.60. The summed E-state index contributed by atoms with van der Waals surface area (Å²) in [5.74, 6) is -1.57. The van der Waals surface area contributed by atoms with Crippen molar-refractivity contribution in [3.05, 3.63) is 63.5 Å². The van der Waals surface area contributed by atoms with Gasteiger partial charge in [-0.05, 0) is 43.3 Å². The molecule has 2 heterocycles. The van der Waals surface area contributed by atoms with Gasteiger partial charge in [0, 0.05) is 21.5 Å². The molecule has 1 aromatic heterocycles. The SMILES string of the molecule is CCOC(=O)c1[nH]c2cc(Cl)cc(Cl)c2c1CN1CC(=O)N(c2ccc(F)cc2)C1=O. The Bertz CT molecular complexity index is 1210. The van der Waals surface area contributed by atoms with Crippen molar-refractivity contribution in [3.63, 3.8) is 0 Å². The fourth-order valence-corrected chi connectivity index (χ4v) is 4.17. The van der Waals surface area contributed by atoms with Crippen LogP contribution in [0.15, 0.2) is 36.4 Å². The maximum atomic E-state index is 13.2. The third-order valence-electron chi connectivity index (χ3n) is 4.87. The highest BCUT2D eigenvalue weighted by Crippen LogP contribution is 2.34. The summed E-state index contributed by atoms with van der Waals surface area (Å²) in [4.78, 5) is 43.2. The number of halogens is 3. The molecule has 2 aromatic carbocycles.